The molecule has 2 heterocycles. The first kappa shape index (κ1) is 15.9. The summed E-state index contributed by atoms with van der Waals surface area (Å²) >= 11 is 6.11. The average Bonchev–Trinajstić information content (AvgIpc) is 2.94. The Morgan fingerprint density at radius 2 is 1.88 bits per heavy atom. The van der Waals surface area contributed by atoms with Gasteiger partial charge in [-0.05, 0) is 44.5 Å². The van der Waals surface area contributed by atoms with Crippen molar-refractivity contribution in [2.45, 2.75) is 26.3 Å². The average molecular weight is 373 g/mol. The van der Waals surface area contributed by atoms with Crippen LogP contribution in [-0.2, 0) is 5.54 Å². The highest BCUT2D eigenvalue weighted by Crippen LogP contribution is 2.46. The SMILES string of the molecule is Cc1cccc2c1NC(C)(C)c1ssc(=Nc3cccc(Cl)c3)c1-2. The van der Waals surface area contributed by atoms with E-state index in [0.29, 0.717) is 5.02 Å². The molecular formula is C19H17ClN2S2. The van der Waals surface area contributed by atoms with E-state index in [1.54, 1.807) is 20.7 Å². The minimum atomic E-state index is -0.0995. The van der Waals surface area contributed by atoms with E-state index >= 15 is 0 Å². The Labute approximate surface area is 153 Å². The third-order valence-electron chi connectivity index (χ3n) is 4.23. The van der Waals surface area contributed by atoms with Crippen molar-refractivity contribution in [3.8, 4) is 11.1 Å². The fraction of sp³-hybridized carbons (Fsp3) is 0.211. The molecule has 2 aromatic carbocycles. The van der Waals surface area contributed by atoms with Crippen LogP contribution in [0.1, 0.15) is 24.3 Å². The smallest absolute Gasteiger partial charge is 0.135 e. The molecule has 1 N–H and O–H groups in total. The van der Waals surface area contributed by atoms with Gasteiger partial charge in [0, 0.05) is 21.8 Å². The van der Waals surface area contributed by atoms with Gasteiger partial charge in [0.1, 0.15) is 4.67 Å². The van der Waals surface area contributed by atoms with Crippen molar-refractivity contribution in [2.24, 2.45) is 4.99 Å². The lowest BCUT2D eigenvalue weighted by Gasteiger charge is -2.34. The Morgan fingerprint density at radius 3 is 2.67 bits per heavy atom. The van der Waals surface area contributed by atoms with Crippen molar-refractivity contribution in [1.82, 2.24) is 0 Å². The molecule has 4 rings (SSSR count). The Hall–Kier alpha value is -1.62. The number of benzene rings is 2. The van der Waals surface area contributed by atoms with Gasteiger partial charge in [-0.2, -0.15) is 0 Å². The molecule has 0 amide bonds. The highest BCUT2D eigenvalue weighted by molar-refractivity contribution is 7.68. The molecule has 122 valence electrons. The van der Waals surface area contributed by atoms with Crippen molar-refractivity contribution < 1.29 is 0 Å². The van der Waals surface area contributed by atoms with Crippen LogP contribution in [0, 0.1) is 6.92 Å². The first-order chi connectivity index (χ1) is 11.5. The van der Waals surface area contributed by atoms with E-state index in [-0.39, 0.29) is 5.54 Å². The lowest BCUT2D eigenvalue weighted by molar-refractivity contribution is 0.618. The predicted octanol–water partition coefficient (Wildman–Crippen LogP) is 6.33. The van der Waals surface area contributed by atoms with Crippen LogP contribution in [0.25, 0.3) is 11.1 Å². The number of hydrogen-bond donors (Lipinski definition) is 1. The number of hydrogen-bond acceptors (Lipinski definition) is 4. The maximum atomic E-state index is 6.11. The Morgan fingerprint density at radius 1 is 1.08 bits per heavy atom. The second-order valence-electron chi connectivity index (χ2n) is 6.52. The molecule has 0 saturated heterocycles. The van der Waals surface area contributed by atoms with Crippen molar-refractivity contribution in [3.63, 3.8) is 0 Å². The Kier molecular flexibility index (Phi) is 3.79. The summed E-state index contributed by atoms with van der Waals surface area (Å²) in [5.74, 6) is 0. The number of fused-ring (bicyclic) bond motifs is 3. The first-order valence-corrected chi connectivity index (χ1v) is 10.3. The van der Waals surface area contributed by atoms with Crippen molar-refractivity contribution in [2.75, 3.05) is 5.32 Å². The number of para-hydroxylation sites is 1. The Bertz CT molecular complexity index is 999. The number of rotatable bonds is 1. The fourth-order valence-corrected chi connectivity index (χ4v) is 6.19. The van der Waals surface area contributed by atoms with Crippen molar-refractivity contribution in [3.05, 3.63) is 62.6 Å². The summed E-state index contributed by atoms with van der Waals surface area (Å²) < 4.78 is 1.05. The molecule has 5 heteroatoms. The van der Waals surface area contributed by atoms with E-state index in [2.05, 4.69) is 44.3 Å². The summed E-state index contributed by atoms with van der Waals surface area (Å²) in [7, 11) is 3.53. The highest BCUT2D eigenvalue weighted by Gasteiger charge is 2.34. The lowest BCUT2D eigenvalue weighted by Crippen LogP contribution is -2.32. The minimum absolute atomic E-state index is 0.0995. The van der Waals surface area contributed by atoms with E-state index in [1.165, 1.54) is 27.3 Å². The minimum Gasteiger partial charge on any atom is -0.374 e. The van der Waals surface area contributed by atoms with Gasteiger partial charge in [0.15, 0.2) is 0 Å². The van der Waals surface area contributed by atoms with E-state index in [9.17, 15) is 0 Å². The maximum Gasteiger partial charge on any atom is 0.135 e. The molecule has 0 spiro atoms. The molecule has 0 radical (unpaired) electrons. The van der Waals surface area contributed by atoms with E-state index in [0.717, 1.165) is 10.4 Å². The predicted molar refractivity (Wildman–Crippen MR) is 106 cm³/mol. The van der Waals surface area contributed by atoms with Gasteiger partial charge < -0.3 is 5.32 Å². The fourth-order valence-electron chi connectivity index (χ4n) is 3.06. The van der Waals surface area contributed by atoms with Crippen LogP contribution in [0.3, 0.4) is 0 Å². The molecule has 0 bridgehead atoms. The van der Waals surface area contributed by atoms with Gasteiger partial charge in [-0.3, -0.25) is 0 Å². The molecule has 0 fully saturated rings. The van der Waals surface area contributed by atoms with Gasteiger partial charge in [-0.25, -0.2) is 4.99 Å². The van der Waals surface area contributed by atoms with E-state index < -0.39 is 0 Å². The van der Waals surface area contributed by atoms with Crippen LogP contribution in [0.4, 0.5) is 11.4 Å². The summed E-state index contributed by atoms with van der Waals surface area (Å²) in [5, 5.41) is 4.41. The molecule has 24 heavy (non-hydrogen) atoms. The van der Waals surface area contributed by atoms with Crippen LogP contribution in [0.2, 0.25) is 5.02 Å². The number of anilines is 1. The largest absolute Gasteiger partial charge is 0.374 e. The van der Waals surface area contributed by atoms with Crippen LogP contribution >= 0.6 is 32.3 Å². The summed E-state index contributed by atoms with van der Waals surface area (Å²) in [5.41, 5.74) is 5.76. The molecular weight excluding hydrogens is 356 g/mol. The number of aryl methyl sites for hydroxylation is 1. The monoisotopic (exact) mass is 372 g/mol. The maximum absolute atomic E-state index is 6.11. The molecule has 0 unspecified atom stereocenters. The number of halogens is 1. The molecule has 3 aromatic rings. The number of nitrogens with one attached hydrogen (secondary N) is 1. The van der Waals surface area contributed by atoms with Crippen molar-refractivity contribution in [1.29, 1.82) is 0 Å². The van der Waals surface area contributed by atoms with Gasteiger partial charge in [-0.1, -0.05) is 56.5 Å². The third-order valence-corrected chi connectivity index (χ3v) is 7.11. The van der Waals surface area contributed by atoms with Crippen molar-refractivity contribution >= 4 is 43.7 Å². The molecule has 2 nitrogen and oxygen atoms in total. The third kappa shape index (κ3) is 2.59. The number of nitrogens with zero attached hydrogens (tertiary/aromatic N) is 1. The summed E-state index contributed by atoms with van der Waals surface area (Å²) in [6, 6.07) is 14.2. The second-order valence-corrected chi connectivity index (χ2v) is 9.08. The second kappa shape index (κ2) is 5.73. The topological polar surface area (TPSA) is 24.4 Å². The zero-order chi connectivity index (χ0) is 16.9. The van der Waals surface area contributed by atoms with Gasteiger partial charge in [0.05, 0.1) is 16.1 Å². The van der Waals surface area contributed by atoms with Crippen LogP contribution in [0.15, 0.2) is 47.5 Å². The molecule has 0 atom stereocenters. The van der Waals surface area contributed by atoms with Crippen LogP contribution in [0.5, 0.6) is 0 Å². The standard InChI is InChI=1S/C19H17ClN2S2/c1-11-6-4-9-14-15-17(19(2,3)22-16(11)14)23-24-18(15)21-13-8-5-7-12(20)10-13/h4-10,22H,1-3H3. The molecule has 1 aliphatic rings. The summed E-state index contributed by atoms with van der Waals surface area (Å²) in [4.78, 5) is 6.23. The van der Waals surface area contributed by atoms with Crippen LogP contribution < -0.4 is 9.99 Å². The zero-order valence-electron chi connectivity index (χ0n) is 13.7. The normalized spacial score (nSPS) is 15.6. The zero-order valence-corrected chi connectivity index (χ0v) is 16.1. The molecule has 1 aromatic heterocycles. The first-order valence-electron chi connectivity index (χ1n) is 7.78. The molecule has 0 aliphatic carbocycles. The quantitative estimate of drug-likeness (QED) is 0.496. The van der Waals surface area contributed by atoms with Gasteiger partial charge in [0.2, 0.25) is 0 Å². The van der Waals surface area contributed by atoms with Gasteiger partial charge >= 0.3 is 0 Å². The van der Waals surface area contributed by atoms with Gasteiger partial charge in [0.25, 0.3) is 0 Å². The summed E-state index contributed by atoms with van der Waals surface area (Å²) in [6.07, 6.45) is 0. The Balaban J connectivity index is 2.01. The van der Waals surface area contributed by atoms with E-state index in [1.807, 2.05) is 24.3 Å². The summed E-state index contributed by atoms with van der Waals surface area (Å²) in [6.45, 7) is 6.61. The molecule has 1 aliphatic heterocycles. The lowest BCUT2D eigenvalue weighted by atomic mass is 9.88. The molecule has 0 saturated carbocycles. The van der Waals surface area contributed by atoms with E-state index in [4.69, 9.17) is 16.6 Å². The van der Waals surface area contributed by atoms with Crippen LogP contribution in [-0.4, -0.2) is 0 Å². The van der Waals surface area contributed by atoms with Gasteiger partial charge in [-0.15, -0.1) is 0 Å². The highest BCUT2D eigenvalue weighted by atomic mass is 35.5.